The van der Waals surface area contributed by atoms with E-state index < -0.39 is 5.60 Å². The number of hydrogen-bond acceptors (Lipinski definition) is 3. The number of nitrogens with zero attached hydrogens (tertiary/aromatic N) is 1. The predicted octanol–water partition coefficient (Wildman–Crippen LogP) is 1.94. The summed E-state index contributed by atoms with van der Waals surface area (Å²) in [5, 5.41) is 9.68. The van der Waals surface area contributed by atoms with Crippen LogP contribution in [0.3, 0.4) is 0 Å². The minimum absolute atomic E-state index is 0.324. The molecule has 4 heteroatoms. The Morgan fingerprint density at radius 1 is 1.37 bits per heavy atom. The fourth-order valence-electron chi connectivity index (χ4n) is 1.77. The van der Waals surface area contributed by atoms with Gasteiger partial charge in [-0.2, -0.15) is 0 Å². The summed E-state index contributed by atoms with van der Waals surface area (Å²) in [5.74, 6) is 5.27. The third-order valence-corrected chi connectivity index (χ3v) is 2.95. The molecular formula is C15H21NO3. The Labute approximate surface area is 114 Å². The summed E-state index contributed by atoms with van der Waals surface area (Å²) in [7, 11) is 1.88. The number of carbonyl (C=O) groups excluding carboxylic acids is 1. The number of aliphatic hydroxyl groups is 1. The van der Waals surface area contributed by atoms with E-state index in [1.807, 2.05) is 25.5 Å². The highest BCUT2D eigenvalue weighted by Crippen LogP contribution is 2.21. The van der Waals surface area contributed by atoms with Gasteiger partial charge in [-0.3, -0.25) is 0 Å². The Hall–Kier alpha value is -1.73. The number of ether oxygens (including phenoxy) is 1. The standard InChI is InChI=1S/C15H21NO3/c1-7-19-14(17)13-11(3)16(6)10(2)12(13)8-9-15(4,5)18/h18H,7H2,1-6H3. The van der Waals surface area contributed by atoms with Crippen molar-refractivity contribution in [3.8, 4) is 11.8 Å². The minimum atomic E-state index is -1.10. The Kier molecular flexibility index (Phi) is 4.43. The average molecular weight is 263 g/mol. The lowest BCUT2D eigenvalue weighted by atomic mass is 10.1. The van der Waals surface area contributed by atoms with Crippen LogP contribution in [-0.2, 0) is 11.8 Å². The van der Waals surface area contributed by atoms with Gasteiger partial charge in [0, 0.05) is 18.4 Å². The smallest absolute Gasteiger partial charge is 0.341 e. The van der Waals surface area contributed by atoms with Crippen molar-refractivity contribution in [1.29, 1.82) is 0 Å². The SMILES string of the molecule is CCOC(=O)c1c(C#CC(C)(C)O)c(C)n(C)c1C. The van der Waals surface area contributed by atoms with Crippen LogP contribution in [0.4, 0.5) is 0 Å². The van der Waals surface area contributed by atoms with Gasteiger partial charge in [-0.05, 0) is 34.6 Å². The number of hydrogen-bond donors (Lipinski definition) is 1. The van der Waals surface area contributed by atoms with Gasteiger partial charge >= 0.3 is 5.97 Å². The van der Waals surface area contributed by atoms with Crippen molar-refractivity contribution in [2.24, 2.45) is 7.05 Å². The van der Waals surface area contributed by atoms with Gasteiger partial charge in [0.25, 0.3) is 0 Å². The lowest BCUT2D eigenvalue weighted by molar-refractivity contribution is 0.0525. The van der Waals surface area contributed by atoms with E-state index in [1.54, 1.807) is 20.8 Å². The molecule has 0 spiro atoms. The highest BCUT2D eigenvalue weighted by Gasteiger charge is 2.22. The summed E-state index contributed by atoms with van der Waals surface area (Å²) < 4.78 is 6.97. The van der Waals surface area contributed by atoms with Crippen molar-refractivity contribution in [3.05, 3.63) is 22.5 Å². The summed E-state index contributed by atoms with van der Waals surface area (Å²) in [6.45, 7) is 9.05. The van der Waals surface area contributed by atoms with Crippen LogP contribution in [0.5, 0.6) is 0 Å². The van der Waals surface area contributed by atoms with Gasteiger partial charge in [-0.1, -0.05) is 11.8 Å². The highest BCUT2D eigenvalue weighted by molar-refractivity contribution is 5.94. The van der Waals surface area contributed by atoms with Gasteiger partial charge in [-0.15, -0.1) is 0 Å². The van der Waals surface area contributed by atoms with Crippen molar-refractivity contribution in [3.63, 3.8) is 0 Å². The van der Waals surface area contributed by atoms with Crippen molar-refractivity contribution in [2.75, 3.05) is 6.61 Å². The Balaban J connectivity index is 3.41. The third kappa shape index (κ3) is 3.39. The zero-order valence-corrected chi connectivity index (χ0v) is 12.4. The maximum absolute atomic E-state index is 12.0. The molecule has 0 saturated carbocycles. The molecule has 0 atom stereocenters. The second-order valence-corrected chi connectivity index (χ2v) is 5.01. The summed E-state index contributed by atoms with van der Waals surface area (Å²) in [5.41, 5.74) is 1.72. The summed E-state index contributed by atoms with van der Waals surface area (Å²) in [6, 6.07) is 0. The van der Waals surface area contributed by atoms with Crippen LogP contribution in [0.1, 0.15) is 48.1 Å². The zero-order chi connectivity index (χ0) is 14.8. The summed E-state index contributed by atoms with van der Waals surface area (Å²) in [4.78, 5) is 12.0. The number of aromatic nitrogens is 1. The largest absolute Gasteiger partial charge is 0.462 e. The summed E-state index contributed by atoms with van der Waals surface area (Å²) >= 11 is 0. The molecule has 1 aromatic heterocycles. The van der Waals surface area contributed by atoms with E-state index in [2.05, 4.69) is 11.8 Å². The van der Waals surface area contributed by atoms with E-state index in [1.165, 1.54) is 0 Å². The Morgan fingerprint density at radius 3 is 2.42 bits per heavy atom. The lowest BCUT2D eigenvalue weighted by Crippen LogP contribution is -2.15. The summed E-state index contributed by atoms with van der Waals surface area (Å²) in [6.07, 6.45) is 0. The van der Waals surface area contributed by atoms with Crippen LogP contribution < -0.4 is 0 Å². The molecule has 0 amide bonds. The molecular weight excluding hydrogens is 242 g/mol. The van der Waals surface area contributed by atoms with E-state index in [0.717, 1.165) is 11.4 Å². The van der Waals surface area contributed by atoms with Crippen LogP contribution in [0.2, 0.25) is 0 Å². The van der Waals surface area contributed by atoms with Crippen molar-refractivity contribution in [1.82, 2.24) is 4.57 Å². The monoisotopic (exact) mass is 263 g/mol. The maximum atomic E-state index is 12.0. The first-order valence-corrected chi connectivity index (χ1v) is 6.27. The molecule has 104 valence electrons. The van der Waals surface area contributed by atoms with Gasteiger partial charge < -0.3 is 14.4 Å². The second kappa shape index (κ2) is 5.50. The van der Waals surface area contributed by atoms with Gasteiger partial charge in [0.2, 0.25) is 0 Å². The van der Waals surface area contributed by atoms with Crippen LogP contribution >= 0.6 is 0 Å². The van der Waals surface area contributed by atoms with Crippen LogP contribution in [0.15, 0.2) is 0 Å². The minimum Gasteiger partial charge on any atom is -0.462 e. The molecule has 0 aliphatic rings. The number of rotatable bonds is 2. The molecule has 0 aliphatic carbocycles. The highest BCUT2D eigenvalue weighted by atomic mass is 16.5. The van der Waals surface area contributed by atoms with Gasteiger partial charge in [0.1, 0.15) is 5.60 Å². The molecule has 0 unspecified atom stereocenters. The van der Waals surface area contributed by atoms with Crippen molar-refractivity contribution < 1.29 is 14.6 Å². The van der Waals surface area contributed by atoms with E-state index in [4.69, 9.17) is 4.74 Å². The molecule has 0 fully saturated rings. The first kappa shape index (κ1) is 15.3. The molecule has 1 aromatic rings. The predicted molar refractivity (Wildman–Crippen MR) is 74.0 cm³/mol. The van der Waals surface area contributed by atoms with Gasteiger partial charge in [-0.25, -0.2) is 4.79 Å². The average Bonchev–Trinajstić information content (AvgIpc) is 2.50. The molecule has 0 saturated heterocycles. The topological polar surface area (TPSA) is 51.5 Å². The van der Waals surface area contributed by atoms with Crippen molar-refractivity contribution in [2.45, 2.75) is 40.2 Å². The first-order chi connectivity index (χ1) is 8.69. The zero-order valence-electron chi connectivity index (χ0n) is 12.4. The number of carbonyl (C=O) groups is 1. The number of esters is 1. The van der Waals surface area contributed by atoms with E-state index in [0.29, 0.717) is 17.7 Å². The fourth-order valence-corrected chi connectivity index (χ4v) is 1.77. The third-order valence-electron chi connectivity index (χ3n) is 2.95. The van der Waals surface area contributed by atoms with E-state index in [-0.39, 0.29) is 5.97 Å². The molecule has 0 bridgehead atoms. The maximum Gasteiger partial charge on any atom is 0.341 e. The molecule has 1 N–H and O–H groups in total. The molecule has 19 heavy (non-hydrogen) atoms. The second-order valence-electron chi connectivity index (χ2n) is 5.01. The lowest BCUT2D eigenvalue weighted by Gasteiger charge is -2.06. The molecule has 4 nitrogen and oxygen atoms in total. The molecule has 0 aliphatic heterocycles. The molecule has 0 radical (unpaired) electrons. The Bertz CT molecular complexity index is 551. The first-order valence-electron chi connectivity index (χ1n) is 6.27. The quantitative estimate of drug-likeness (QED) is 0.655. The Morgan fingerprint density at radius 2 is 1.95 bits per heavy atom. The fraction of sp³-hybridized carbons (Fsp3) is 0.533. The van der Waals surface area contributed by atoms with E-state index in [9.17, 15) is 9.90 Å². The van der Waals surface area contributed by atoms with Crippen LogP contribution in [0.25, 0.3) is 0 Å². The molecule has 0 aromatic carbocycles. The molecule has 1 heterocycles. The van der Waals surface area contributed by atoms with Gasteiger partial charge in [0.15, 0.2) is 0 Å². The van der Waals surface area contributed by atoms with Crippen LogP contribution in [-0.4, -0.2) is 27.9 Å². The van der Waals surface area contributed by atoms with Crippen molar-refractivity contribution >= 4 is 5.97 Å². The van der Waals surface area contributed by atoms with E-state index >= 15 is 0 Å². The molecule has 1 rings (SSSR count). The van der Waals surface area contributed by atoms with Crippen LogP contribution in [0, 0.1) is 25.7 Å². The normalized spacial score (nSPS) is 10.9. The van der Waals surface area contributed by atoms with Gasteiger partial charge in [0.05, 0.1) is 17.7 Å².